The minimum atomic E-state index is -0.789. The van der Waals surface area contributed by atoms with Gasteiger partial charge in [0.2, 0.25) is 5.95 Å². The average molecular weight is 198 g/mol. The maximum atomic E-state index is 12.5. The number of nitrogens with two attached hydrogens (primary N) is 1. The van der Waals surface area contributed by atoms with Crippen LogP contribution in [0.4, 0.5) is 4.39 Å². The van der Waals surface area contributed by atoms with Gasteiger partial charge in [-0.1, -0.05) is 19.9 Å². The topological polar surface area (TPSA) is 59.1 Å². The Bertz CT molecular complexity index is 287. The molecule has 78 valence electrons. The number of aromatic nitrogens is 1. The monoisotopic (exact) mass is 198 g/mol. The second kappa shape index (κ2) is 4.48. The van der Waals surface area contributed by atoms with Crippen LogP contribution in [0.25, 0.3) is 0 Å². The first-order valence-corrected chi connectivity index (χ1v) is 4.57. The molecule has 0 fully saturated rings. The van der Waals surface area contributed by atoms with Gasteiger partial charge in [0.15, 0.2) is 0 Å². The molecule has 2 atom stereocenters. The summed E-state index contributed by atoms with van der Waals surface area (Å²) in [6, 6.07) is 2.35. The van der Waals surface area contributed by atoms with Gasteiger partial charge in [0.05, 0.1) is 6.10 Å². The second-order valence-electron chi connectivity index (χ2n) is 3.68. The van der Waals surface area contributed by atoms with Gasteiger partial charge >= 0.3 is 0 Å². The van der Waals surface area contributed by atoms with E-state index in [4.69, 9.17) is 5.73 Å². The third kappa shape index (κ3) is 2.49. The molecule has 0 radical (unpaired) electrons. The Hall–Kier alpha value is -1.00. The van der Waals surface area contributed by atoms with E-state index >= 15 is 0 Å². The highest BCUT2D eigenvalue weighted by Gasteiger charge is 2.20. The highest BCUT2D eigenvalue weighted by Crippen LogP contribution is 2.19. The summed E-state index contributed by atoms with van der Waals surface area (Å²) in [6.07, 6.45) is 0.519. The summed E-state index contributed by atoms with van der Waals surface area (Å²) in [7, 11) is 0. The molecule has 1 rings (SSSR count). The van der Waals surface area contributed by atoms with Gasteiger partial charge < -0.3 is 10.8 Å². The zero-order valence-electron chi connectivity index (χ0n) is 8.31. The predicted octanol–water partition coefficient (Wildman–Crippen LogP) is 1.24. The predicted molar refractivity (Wildman–Crippen MR) is 52.0 cm³/mol. The molecular weight excluding hydrogens is 183 g/mol. The third-order valence-electron chi connectivity index (χ3n) is 2.23. The zero-order valence-corrected chi connectivity index (χ0v) is 8.31. The van der Waals surface area contributed by atoms with Crippen molar-refractivity contribution in [1.82, 2.24) is 4.98 Å². The Morgan fingerprint density at radius 2 is 2.07 bits per heavy atom. The van der Waals surface area contributed by atoms with E-state index in [1.54, 1.807) is 0 Å². The van der Waals surface area contributed by atoms with Gasteiger partial charge in [-0.2, -0.15) is 4.39 Å². The van der Waals surface area contributed by atoms with Crippen LogP contribution < -0.4 is 5.73 Å². The minimum Gasteiger partial charge on any atom is -0.387 e. The summed E-state index contributed by atoms with van der Waals surface area (Å²) in [5.41, 5.74) is 6.31. The highest BCUT2D eigenvalue weighted by molar-refractivity contribution is 5.14. The van der Waals surface area contributed by atoms with Gasteiger partial charge in [-0.3, -0.25) is 0 Å². The molecular formula is C10H15FN2O. The maximum absolute atomic E-state index is 12.5. The fraction of sp³-hybridized carbons (Fsp3) is 0.500. The lowest BCUT2D eigenvalue weighted by Crippen LogP contribution is -2.33. The fourth-order valence-corrected chi connectivity index (χ4v) is 1.15. The number of nitrogens with zero attached hydrogens (tertiary/aromatic N) is 1. The SMILES string of the molecule is CC(C)[C@H](N)[C@@H](O)c1ccc(F)nc1. The quantitative estimate of drug-likeness (QED) is 0.718. The number of hydrogen-bond acceptors (Lipinski definition) is 3. The molecule has 1 heterocycles. The van der Waals surface area contributed by atoms with Crippen molar-refractivity contribution < 1.29 is 9.50 Å². The van der Waals surface area contributed by atoms with Gasteiger partial charge in [-0.15, -0.1) is 0 Å². The molecule has 0 amide bonds. The fourth-order valence-electron chi connectivity index (χ4n) is 1.15. The van der Waals surface area contributed by atoms with E-state index in [0.717, 1.165) is 0 Å². The molecule has 3 N–H and O–H groups in total. The normalized spacial score (nSPS) is 15.6. The summed E-state index contributed by atoms with van der Waals surface area (Å²) < 4.78 is 12.5. The van der Waals surface area contributed by atoms with Crippen molar-refractivity contribution in [3.8, 4) is 0 Å². The molecule has 0 aliphatic rings. The van der Waals surface area contributed by atoms with Crippen LogP contribution in [0.1, 0.15) is 25.5 Å². The molecule has 0 unspecified atom stereocenters. The van der Waals surface area contributed by atoms with Crippen LogP contribution >= 0.6 is 0 Å². The molecule has 1 aromatic rings. The van der Waals surface area contributed by atoms with E-state index in [1.807, 2.05) is 13.8 Å². The van der Waals surface area contributed by atoms with E-state index in [1.165, 1.54) is 18.3 Å². The van der Waals surface area contributed by atoms with Crippen molar-refractivity contribution in [3.05, 3.63) is 29.8 Å². The van der Waals surface area contributed by atoms with Crippen molar-refractivity contribution in [3.63, 3.8) is 0 Å². The lowest BCUT2D eigenvalue weighted by atomic mass is 9.95. The standard InChI is InChI=1S/C10H15FN2O/c1-6(2)9(12)10(14)7-3-4-8(11)13-5-7/h3-6,9-10,14H,12H2,1-2H3/t9-,10-/m0/s1. The van der Waals surface area contributed by atoms with Crippen molar-refractivity contribution in [2.75, 3.05) is 0 Å². The average Bonchev–Trinajstić information content (AvgIpc) is 2.16. The van der Waals surface area contributed by atoms with E-state index in [0.29, 0.717) is 5.56 Å². The second-order valence-corrected chi connectivity index (χ2v) is 3.68. The van der Waals surface area contributed by atoms with Crippen LogP contribution in [-0.2, 0) is 0 Å². The minimum absolute atomic E-state index is 0.162. The van der Waals surface area contributed by atoms with Gasteiger partial charge in [0.1, 0.15) is 0 Å². The summed E-state index contributed by atoms with van der Waals surface area (Å²) in [6.45, 7) is 3.84. The van der Waals surface area contributed by atoms with Crippen molar-refractivity contribution in [2.45, 2.75) is 26.0 Å². The molecule has 14 heavy (non-hydrogen) atoms. The largest absolute Gasteiger partial charge is 0.387 e. The van der Waals surface area contributed by atoms with E-state index in [2.05, 4.69) is 4.98 Å². The van der Waals surface area contributed by atoms with Crippen molar-refractivity contribution in [1.29, 1.82) is 0 Å². The number of halogens is 1. The van der Waals surface area contributed by atoms with Crippen LogP contribution in [0.5, 0.6) is 0 Å². The number of hydrogen-bond donors (Lipinski definition) is 2. The number of pyridine rings is 1. The van der Waals surface area contributed by atoms with E-state index in [-0.39, 0.29) is 12.0 Å². The first-order chi connectivity index (χ1) is 6.52. The molecule has 0 aromatic carbocycles. The van der Waals surface area contributed by atoms with Gasteiger partial charge in [0.25, 0.3) is 0 Å². The number of rotatable bonds is 3. The first-order valence-electron chi connectivity index (χ1n) is 4.57. The summed E-state index contributed by atoms with van der Waals surface area (Å²) in [4.78, 5) is 3.46. The molecule has 0 bridgehead atoms. The summed E-state index contributed by atoms with van der Waals surface area (Å²) >= 11 is 0. The lowest BCUT2D eigenvalue weighted by Gasteiger charge is -2.22. The smallest absolute Gasteiger partial charge is 0.212 e. The van der Waals surface area contributed by atoms with Crippen LogP contribution in [0.3, 0.4) is 0 Å². The third-order valence-corrected chi connectivity index (χ3v) is 2.23. The Kier molecular flexibility index (Phi) is 3.55. The Morgan fingerprint density at radius 1 is 1.43 bits per heavy atom. The number of aliphatic hydroxyl groups excluding tert-OH is 1. The van der Waals surface area contributed by atoms with Gasteiger partial charge in [-0.05, 0) is 12.0 Å². The lowest BCUT2D eigenvalue weighted by molar-refractivity contribution is 0.125. The molecule has 0 saturated carbocycles. The Balaban J connectivity index is 2.78. The molecule has 1 aromatic heterocycles. The first kappa shape index (κ1) is 11.1. The van der Waals surface area contributed by atoms with E-state index < -0.39 is 12.1 Å². The zero-order chi connectivity index (χ0) is 10.7. The molecule has 0 aliphatic carbocycles. The Labute approximate surface area is 82.8 Å². The Morgan fingerprint density at radius 3 is 2.50 bits per heavy atom. The van der Waals surface area contributed by atoms with Crippen molar-refractivity contribution >= 4 is 0 Å². The van der Waals surface area contributed by atoms with Crippen LogP contribution in [0.2, 0.25) is 0 Å². The molecule has 4 heteroatoms. The van der Waals surface area contributed by atoms with Crippen LogP contribution in [0.15, 0.2) is 18.3 Å². The van der Waals surface area contributed by atoms with Crippen LogP contribution in [0, 0.1) is 11.9 Å². The van der Waals surface area contributed by atoms with Crippen LogP contribution in [-0.4, -0.2) is 16.1 Å². The van der Waals surface area contributed by atoms with Gasteiger partial charge in [0, 0.05) is 17.8 Å². The maximum Gasteiger partial charge on any atom is 0.212 e. The molecule has 0 spiro atoms. The highest BCUT2D eigenvalue weighted by atomic mass is 19.1. The van der Waals surface area contributed by atoms with E-state index in [9.17, 15) is 9.50 Å². The van der Waals surface area contributed by atoms with Gasteiger partial charge in [-0.25, -0.2) is 4.98 Å². The molecule has 3 nitrogen and oxygen atoms in total. The molecule has 0 saturated heterocycles. The summed E-state index contributed by atoms with van der Waals surface area (Å²) in [5, 5.41) is 9.76. The summed E-state index contributed by atoms with van der Waals surface area (Å²) in [5.74, 6) is -0.394. The number of aliphatic hydroxyl groups is 1. The molecule has 0 aliphatic heterocycles. The van der Waals surface area contributed by atoms with Crippen molar-refractivity contribution in [2.24, 2.45) is 11.7 Å².